The van der Waals surface area contributed by atoms with Gasteiger partial charge >= 0.3 is 0 Å². The van der Waals surface area contributed by atoms with Gasteiger partial charge in [0.2, 0.25) is 0 Å². The minimum absolute atomic E-state index is 0.0520. The fourth-order valence-electron chi connectivity index (χ4n) is 3.08. The molecule has 1 aliphatic heterocycles. The first-order chi connectivity index (χ1) is 11.4. The second-order valence-corrected chi connectivity index (χ2v) is 9.36. The summed E-state index contributed by atoms with van der Waals surface area (Å²) in [6.45, 7) is 4.23. The highest BCUT2D eigenvalue weighted by atomic mass is 32.2. The second kappa shape index (κ2) is 6.64. The van der Waals surface area contributed by atoms with Gasteiger partial charge < -0.3 is 4.90 Å². The van der Waals surface area contributed by atoms with E-state index in [-0.39, 0.29) is 23.5 Å². The molecule has 0 spiro atoms. The molecule has 1 atom stereocenters. The lowest BCUT2D eigenvalue weighted by molar-refractivity contribution is 0.0704. The lowest BCUT2D eigenvalue weighted by Crippen LogP contribution is -2.41. The van der Waals surface area contributed by atoms with Crippen LogP contribution in [-0.2, 0) is 9.84 Å². The summed E-state index contributed by atoms with van der Waals surface area (Å²) in [4.78, 5) is 20.0. The first-order valence-electron chi connectivity index (χ1n) is 7.95. The van der Waals surface area contributed by atoms with Crippen LogP contribution in [0.1, 0.15) is 28.8 Å². The maximum atomic E-state index is 13.1. The van der Waals surface area contributed by atoms with E-state index in [2.05, 4.69) is 4.98 Å². The minimum Gasteiger partial charge on any atom is -0.334 e. The number of benzene rings is 1. The summed E-state index contributed by atoms with van der Waals surface area (Å²) in [5, 5.41) is 0.826. The van der Waals surface area contributed by atoms with E-state index in [1.807, 2.05) is 44.2 Å². The molecule has 1 fully saturated rings. The molecule has 0 N–H and O–H groups in total. The van der Waals surface area contributed by atoms with Crippen molar-refractivity contribution < 1.29 is 13.2 Å². The molecule has 0 bridgehead atoms. The third-order valence-electron chi connectivity index (χ3n) is 4.22. The van der Waals surface area contributed by atoms with Crippen LogP contribution in [0.2, 0.25) is 0 Å². The highest BCUT2D eigenvalue weighted by molar-refractivity contribution is 7.91. The number of hydrogen-bond donors (Lipinski definition) is 0. The van der Waals surface area contributed by atoms with Crippen LogP contribution in [0.5, 0.6) is 0 Å². The zero-order valence-corrected chi connectivity index (χ0v) is 15.4. The fourth-order valence-corrected chi connectivity index (χ4v) is 5.73. The third-order valence-corrected chi connectivity index (χ3v) is 6.99. The highest BCUT2D eigenvalue weighted by Gasteiger charge is 2.35. The molecule has 1 saturated heterocycles. The number of hydrogen-bond acceptors (Lipinski definition) is 5. The maximum Gasteiger partial charge on any atom is 0.274 e. The zero-order valence-electron chi connectivity index (χ0n) is 13.7. The molecule has 2 heterocycles. The Kier molecular flexibility index (Phi) is 4.73. The summed E-state index contributed by atoms with van der Waals surface area (Å²) in [7, 11) is -3.04. The minimum atomic E-state index is -3.04. The molecule has 1 aliphatic rings. The van der Waals surface area contributed by atoms with Crippen LogP contribution >= 0.6 is 11.3 Å². The van der Waals surface area contributed by atoms with Gasteiger partial charge in [0.05, 0.1) is 21.4 Å². The Labute approximate surface area is 146 Å². The van der Waals surface area contributed by atoms with Gasteiger partial charge in [-0.25, -0.2) is 13.4 Å². The lowest BCUT2D eigenvalue weighted by atomic mass is 10.1. The van der Waals surface area contributed by atoms with Crippen LogP contribution in [0.4, 0.5) is 0 Å². The van der Waals surface area contributed by atoms with Crippen LogP contribution in [0.25, 0.3) is 10.4 Å². The monoisotopic (exact) mass is 364 g/mol. The predicted molar refractivity (Wildman–Crippen MR) is 96.1 cm³/mol. The van der Waals surface area contributed by atoms with E-state index in [1.54, 1.807) is 4.90 Å². The number of rotatable bonds is 4. The number of nitrogens with zero attached hydrogens (tertiary/aromatic N) is 2. The molecule has 128 valence electrons. The van der Waals surface area contributed by atoms with Crippen molar-refractivity contribution in [3.05, 3.63) is 41.0 Å². The van der Waals surface area contributed by atoms with E-state index in [4.69, 9.17) is 0 Å². The average Bonchev–Trinajstić information content (AvgIpc) is 3.11. The molecule has 2 aromatic rings. The zero-order chi connectivity index (χ0) is 17.3. The molecule has 0 aliphatic carbocycles. The average molecular weight is 364 g/mol. The lowest BCUT2D eigenvalue weighted by Gasteiger charge is -2.26. The Morgan fingerprint density at radius 3 is 2.62 bits per heavy atom. The first-order valence-corrected chi connectivity index (χ1v) is 10.6. The van der Waals surface area contributed by atoms with E-state index < -0.39 is 9.84 Å². The van der Waals surface area contributed by atoms with E-state index in [1.165, 1.54) is 11.3 Å². The smallest absolute Gasteiger partial charge is 0.274 e. The fraction of sp³-hybridized carbons (Fsp3) is 0.412. The second-order valence-electron chi connectivity index (χ2n) is 5.92. The predicted octanol–water partition coefficient (Wildman–Crippen LogP) is 2.77. The molecule has 24 heavy (non-hydrogen) atoms. The molecule has 5 nitrogen and oxygen atoms in total. The number of carbonyl (C=O) groups is 1. The largest absolute Gasteiger partial charge is 0.334 e. The van der Waals surface area contributed by atoms with Crippen LogP contribution in [0.3, 0.4) is 0 Å². The SMILES string of the molecule is CCN(C(=O)c1nc(C)sc1-c1ccccc1)C1CCS(=O)(=O)C1. The van der Waals surface area contributed by atoms with Crippen LogP contribution < -0.4 is 0 Å². The highest BCUT2D eigenvalue weighted by Crippen LogP contribution is 2.31. The van der Waals surface area contributed by atoms with Crippen molar-refractivity contribution in [1.82, 2.24) is 9.88 Å². The number of aromatic nitrogens is 1. The van der Waals surface area contributed by atoms with Gasteiger partial charge in [-0.05, 0) is 25.8 Å². The molecule has 3 rings (SSSR count). The topological polar surface area (TPSA) is 67.3 Å². The van der Waals surface area contributed by atoms with E-state index in [9.17, 15) is 13.2 Å². The van der Waals surface area contributed by atoms with Crippen molar-refractivity contribution in [2.24, 2.45) is 0 Å². The van der Waals surface area contributed by atoms with Gasteiger partial charge in [0.1, 0.15) is 5.69 Å². The van der Waals surface area contributed by atoms with Crippen LogP contribution in [0.15, 0.2) is 30.3 Å². The number of thiazole rings is 1. The molecular weight excluding hydrogens is 344 g/mol. The van der Waals surface area contributed by atoms with Crippen molar-refractivity contribution in [3.8, 4) is 10.4 Å². The number of carbonyl (C=O) groups excluding carboxylic acids is 1. The Morgan fingerprint density at radius 2 is 2.04 bits per heavy atom. The Hall–Kier alpha value is -1.73. The number of sulfone groups is 1. The summed E-state index contributed by atoms with van der Waals surface area (Å²) in [6.07, 6.45) is 0.506. The Balaban J connectivity index is 1.95. The van der Waals surface area contributed by atoms with E-state index >= 15 is 0 Å². The summed E-state index contributed by atoms with van der Waals surface area (Å²) in [6, 6.07) is 9.46. The van der Waals surface area contributed by atoms with Crippen molar-refractivity contribution in [1.29, 1.82) is 0 Å². The van der Waals surface area contributed by atoms with Gasteiger partial charge in [0, 0.05) is 12.6 Å². The molecular formula is C17H20N2O3S2. The van der Waals surface area contributed by atoms with E-state index in [0.717, 1.165) is 15.4 Å². The molecule has 0 saturated carbocycles. The molecule has 1 amide bonds. The Morgan fingerprint density at radius 1 is 1.33 bits per heavy atom. The quantitative estimate of drug-likeness (QED) is 0.837. The van der Waals surface area contributed by atoms with Crippen molar-refractivity contribution in [2.75, 3.05) is 18.1 Å². The van der Waals surface area contributed by atoms with Gasteiger partial charge in [-0.1, -0.05) is 30.3 Å². The van der Waals surface area contributed by atoms with Gasteiger partial charge in [0.15, 0.2) is 9.84 Å². The normalized spacial score (nSPS) is 19.3. The third kappa shape index (κ3) is 3.37. The van der Waals surface area contributed by atoms with Crippen LogP contribution in [-0.4, -0.2) is 48.3 Å². The standard InChI is InChI=1S/C17H20N2O3S2/c1-3-19(14-9-10-24(21,22)11-14)17(20)15-16(23-12(2)18-15)13-7-5-4-6-8-13/h4-8,14H,3,9-11H2,1-2H3. The molecule has 1 aromatic carbocycles. The van der Waals surface area contributed by atoms with Crippen molar-refractivity contribution in [3.63, 3.8) is 0 Å². The molecule has 0 radical (unpaired) electrons. The van der Waals surface area contributed by atoms with Crippen molar-refractivity contribution in [2.45, 2.75) is 26.3 Å². The van der Waals surface area contributed by atoms with Crippen molar-refractivity contribution >= 4 is 27.1 Å². The first kappa shape index (κ1) is 17.1. The summed E-state index contributed by atoms with van der Waals surface area (Å²) < 4.78 is 23.5. The van der Waals surface area contributed by atoms with Crippen LogP contribution in [0, 0.1) is 6.92 Å². The van der Waals surface area contributed by atoms with Gasteiger partial charge in [-0.2, -0.15) is 0 Å². The summed E-state index contributed by atoms with van der Waals surface area (Å²) >= 11 is 1.49. The van der Waals surface area contributed by atoms with Gasteiger partial charge in [0.25, 0.3) is 5.91 Å². The summed E-state index contributed by atoms with van der Waals surface area (Å²) in [5.41, 5.74) is 1.39. The summed E-state index contributed by atoms with van der Waals surface area (Å²) in [5.74, 6) is 0.0298. The van der Waals surface area contributed by atoms with E-state index in [0.29, 0.717) is 18.7 Å². The Bertz CT molecular complexity index is 844. The molecule has 1 unspecified atom stereocenters. The molecule has 1 aromatic heterocycles. The number of aryl methyl sites for hydroxylation is 1. The number of amides is 1. The maximum absolute atomic E-state index is 13.1. The van der Waals surface area contributed by atoms with Gasteiger partial charge in [-0.15, -0.1) is 11.3 Å². The van der Waals surface area contributed by atoms with Gasteiger partial charge in [-0.3, -0.25) is 4.79 Å². The molecule has 7 heteroatoms.